The van der Waals surface area contributed by atoms with Gasteiger partial charge in [0.25, 0.3) is 0 Å². The van der Waals surface area contributed by atoms with Gasteiger partial charge in [0, 0.05) is 6.54 Å². The summed E-state index contributed by atoms with van der Waals surface area (Å²) in [5.74, 6) is 5.83. The van der Waals surface area contributed by atoms with Gasteiger partial charge >= 0.3 is 0 Å². The molecule has 0 atom stereocenters. The van der Waals surface area contributed by atoms with Crippen molar-refractivity contribution in [2.45, 2.75) is 12.8 Å². The molecule has 0 bridgehead atoms. The van der Waals surface area contributed by atoms with E-state index in [1.165, 1.54) is 0 Å². The summed E-state index contributed by atoms with van der Waals surface area (Å²) < 4.78 is 0. The van der Waals surface area contributed by atoms with Crippen molar-refractivity contribution in [3.8, 4) is 0 Å². The minimum atomic E-state index is 0.871. The monoisotopic (exact) mass is 176 g/mol. The average molecular weight is 176 g/mol. The van der Waals surface area contributed by atoms with Crippen molar-refractivity contribution in [2.24, 2.45) is 5.84 Å². The van der Waals surface area contributed by atoms with Crippen LogP contribution < -0.4 is 10.9 Å². The molecule has 2 heteroatoms. The Bertz CT molecular complexity index is 244. The lowest BCUT2D eigenvalue weighted by Crippen LogP contribution is -2.31. The highest BCUT2D eigenvalue weighted by Gasteiger charge is 1.97. The first kappa shape index (κ1) is 9.81. The van der Waals surface area contributed by atoms with Crippen molar-refractivity contribution in [1.82, 2.24) is 0 Å². The largest absolute Gasteiger partial charge is 0.311 e. The maximum absolute atomic E-state index is 5.83. The van der Waals surface area contributed by atoms with Gasteiger partial charge in [-0.3, -0.25) is 0 Å². The Morgan fingerprint density at radius 3 is 2.62 bits per heavy atom. The van der Waals surface area contributed by atoms with Crippen LogP contribution in [0.1, 0.15) is 12.8 Å². The van der Waals surface area contributed by atoms with Crippen LogP contribution in [-0.4, -0.2) is 6.54 Å². The highest BCUT2D eigenvalue weighted by molar-refractivity contribution is 5.43. The number of hydrazine groups is 1. The van der Waals surface area contributed by atoms with Gasteiger partial charge in [0.1, 0.15) is 0 Å². The zero-order valence-electron chi connectivity index (χ0n) is 7.82. The summed E-state index contributed by atoms with van der Waals surface area (Å²) in [6.45, 7) is 4.54. The molecule has 70 valence electrons. The molecule has 0 amide bonds. The van der Waals surface area contributed by atoms with Crippen LogP contribution >= 0.6 is 0 Å². The van der Waals surface area contributed by atoms with E-state index in [2.05, 4.69) is 6.58 Å². The van der Waals surface area contributed by atoms with Crippen LogP contribution in [0.5, 0.6) is 0 Å². The van der Waals surface area contributed by atoms with Crippen molar-refractivity contribution in [3.63, 3.8) is 0 Å². The molecule has 0 aromatic heterocycles. The fraction of sp³-hybridized carbons (Fsp3) is 0.273. The van der Waals surface area contributed by atoms with Gasteiger partial charge in [0.05, 0.1) is 5.69 Å². The van der Waals surface area contributed by atoms with Gasteiger partial charge in [-0.25, -0.2) is 5.84 Å². The lowest BCUT2D eigenvalue weighted by Gasteiger charge is -2.17. The first-order chi connectivity index (χ1) is 6.34. The van der Waals surface area contributed by atoms with E-state index in [4.69, 9.17) is 5.84 Å². The van der Waals surface area contributed by atoms with Crippen LogP contribution in [0.2, 0.25) is 0 Å². The minimum absolute atomic E-state index is 0.871. The van der Waals surface area contributed by atoms with Crippen molar-refractivity contribution < 1.29 is 0 Å². The van der Waals surface area contributed by atoms with Gasteiger partial charge in [0.15, 0.2) is 0 Å². The molecule has 2 N–H and O–H groups in total. The molecule has 0 spiro atoms. The minimum Gasteiger partial charge on any atom is -0.311 e. The second-order valence-electron chi connectivity index (χ2n) is 2.96. The van der Waals surface area contributed by atoms with Gasteiger partial charge in [-0.15, -0.1) is 6.58 Å². The number of anilines is 1. The third kappa shape index (κ3) is 3.30. The van der Waals surface area contributed by atoms with E-state index < -0.39 is 0 Å². The van der Waals surface area contributed by atoms with Gasteiger partial charge in [0.2, 0.25) is 0 Å². The first-order valence-corrected chi connectivity index (χ1v) is 4.53. The van der Waals surface area contributed by atoms with E-state index >= 15 is 0 Å². The summed E-state index contributed by atoms with van der Waals surface area (Å²) in [5, 5.41) is 1.77. The molecule has 0 saturated heterocycles. The molecule has 0 unspecified atom stereocenters. The molecule has 2 nitrogen and oxygen atoms in total. The molecule has 0 fully saturated rings. The third-order valence-corrected chi connectivity index (χ3v) is 1.90. The molecule has 0 radical (unpaired) electrons. The van der Waals surface area contributed by atoms with Crippen LogP contribution in [0.25, 0.3) is 0 Å². The van der Waals surface area contributed by atoms with E-state index in [9.17, 15) is 0 Å². The van der Waals surface area contributed by atoms with Crippen LogP contribution in [0.3, 0.4) is 0 Å². The Morgan fingerprint density at radius 1 is 1.31 bits per heavy atom. The van der Waals surface area contributed by atoms with Crippen LogP contribution in [0.15, 0.2) is 43.0 Å². The number of benzene rings is 1. The lowest BCUT2D eigenvalue weighted by atomic mass is 10.2. The second kappa shape index (κ2) is 5.38. The number of nitrogens with two attached hydrogens (primary N) is 1. The predicted molar refractivity (Wildman–Crippen MR) is 57.4 cm³/mol. The van der Waals surface area contributed by atoms with Crippen LogP contribution in [0.4, 0.5) is 5.69 Å². The van der Waals surface area contributed by atoms with E-state index in [0.29, 0.717) is 0 Å². The number of para-hydroxylation sites is 1. The highest BCUT2D eigenvalue weighted by Crippen LogP contribution is 2.09. The second-order valence-corrected chi connectivity index (χ2v) is 2.96. The van der Waals surface area contributed by atoms with Crippen molar-refractivity contribution in [3.05, 3.63) is 43.0 Å². The number of unbranched alkanes of at least 4 members (excludes halogenated alkanes) is 1. The molecule has 1 rings (SSSR count). The molecule has 0 aliphatic carbocycles. The number of rotatable bonds is 5. The van der Waals surface area contributed by atoms with E-state index in [0.717, 1.165) is 25.1 Å². The summed E-state index contributed by atoms with van der Waals surface area (Å²) in [6, 6.07) is 9.98. The van der Waals surface area contributed by atoms with Crippen molar-refractivity contribution in [2.75, 3.05) is 11.6 Å². The maximum Gasteiger partial charge on any atom is 0.0517 e. The quantitative estimate of drug-likeness (QED) is 0.323. The molecular weight excluding hydrogens is 160 g/mol. The Kier molecular flexibility index (Phi) is 4.06. The zero-order chi connectivity index (χ0) is 9.52. The average Bonchev–Trinajstić information content (AvgIpc) is 2.19. The normalized spacial score (nSPS) is 9.62. The summed E-state index contributed by atoms with van der Waals surface area (Å²) >= 11 is 0. The predicted octanol–water partition coefficient (Wildman–Crippen LogP) is 2.33. The molecular formula is C11H16N2. The van der Waals surface area contributed by atoms with Crippen LogP contribution in [-0.2, 0) is 0 Å². The first-order valence-electron chi connectivity index (χ1n) is 4.53. The summed E-state index contributed by atoms with van der Waals surface area (Å²) in [7, 11) is 0. The van der Waals surface area contributed by atoms with Gasteiger partial charge in [-0.2, -0.15) is 0 Å². The summed E-state index contributed by atoms with van der Waals surface area (Å²) in [5.41, 5.74) is 1.06. The van der Waals surface area contributed by atoms with Crippen molar-refractivity contribution in [1.29, 1.82) is 0 Å². The standard InChI is InChI=1S/C11H16N2/c1-2-3-7-10-13(12)11-8-5-4-6-9-11/h2,4-6,8-9H,1,3,7,10,12H2. The van der Waals surface area contributed by atoms with Gasteiger partial charge < -0.3 is 5.01 Å². The van der Waals surface area contributed by atoms with Crippen LogP contribution in [0, 0.1) is 0 Å². The van der Waals surface area contributed by atoms with E-state index in [1.807, 2.05) is 36.4 Å². The SMILES string of the molecule is C=CCCCN(N)c1ccccc1. The molecule has 1 aromatic carbocycles. The Morgan fingerprint density at radius 2 is 2.00 bits per heavy atom. The van der Waals surface area contributed by atoms with E-state index in [-0.39, 0.29) is 0 Å². The smallest absolute Gasteiger partial charge is 0.0517 e. The lowest BCUT2D eigenvalue weighted by molar-refractivity contribution is 0.766. The Hall–Kier alpha value is -1.28. The number of allylic oxidation sites excluding steroid dienone is 1. The Labute approximate surface area is 79.6 Å². The zero-order valence-corrected chi connectivity index (χ0v) is 7.82. The molecule has 13 heavy (non-hydrogen) atoms. The van der Waals surface area contributed by atoms with Gasteiger partial charge in [-0.05, 0) is 25.0 Å². The third-order valence-electron chi connectivity index (χ3n) is 1.90. The molecule has 0 saturated carbocycles. The number of hydrogen-bond acceptors (Lipinski definition) is 2. The Balaban J connectivity index is 2.39. The number of hydrogen-bond donors (Lipinski definition) is 1. The van der Waals surface area contributed by atoms with E-state index in [1.54, 1.807) is 5.01 Å². The topological polar surface area (TPSA) is 29.3 Å². The molecule has 0 aliphatic heterocycles. The maximum atomic E-state index is 5.83. The van der Waals surface area contributed by atoms with Crippen molar-refractivity contribution >= 4 is 5.69 Å². The summed E-state index contributed by atoms with van der Waals surface area (Å²) in [6.07, 6.45) is 3.98. The molecule has 0 heterocycles. The van der Waals surface area contributed by atoms with Gasteiger partial charge in [-0.1, -0.05) is 24.3 Å². The summed E-state index contributed by atoms with van der Waals surface area (Å²) in [4.78, 5) is 0. The fourth-order valence-electron chi connectivity index (χ4n) is 1.15. The number of nitrogens with zero attached hydrogens (tertiary/aromatic N) is 1. The highest BCUT2D eigenvalue weighted by atomic mass is 15.4. The molecule has 0 aliphatic rings. The molecule has 1 aromatic rings. The fourth-order valence-corrected chi connectivity index (χ4v) is 1.15.